The first kappa shape index (κ1) is 13.1. The molecule has 0 aliphatic heterocycles. The van der Waals surface area contributed by atoms with Crippen LogP contribution in [0, 0.1) is 0 Å². The number of phenolic OH excluding ortho intramolecular Hbond substituents is 1. The van der Waals surface area contributed by atoms with Gasteiger partial charge in [0.2, 0.25) is 0 Å². The van der Waals surface area contributed by atoms with Crippen molar-refractivity contribution in [3.05, 3.63) is 65.7 Å². The summed E-state index contributed by atoms with van der Waals surface area (Å²) in [5.74, 6) is -0.174. The summed E-state index contributed by atoms with van der Waals surface area (Å²) in [5, 5.41) is 9.27. The number of ether oxygens (including phenoxy) is 1. The van der Waals surface area contributed by atoms with Crippen LogP contribution in [0.2, 0.25) is 0 Å². The lowest BCUT2D eigenvalue weighted by Crippen LogP contribution is -2.25. The van der Waals surface area contributed by atoms with Crippen molar-refractivity contribution >= 4 is 5.97 Å². The summed E-state index contributed by atoms with van der Waals surface area (Å²) in [6, 6.07) is 15.5. The average Bonchev–Trinajstić information content (AvgIpc) is 2.40. The topological polar surface area (TPSA) is 46.5 Å². The second kappa shape index (κ2) is 5.14. The Balaban J connectivity index is 2.17. The summed E-state index contributed by atoms with van der Waals surface area (Å²) < 4.78 is 5.53. The second-order valence-electron chi connectivity index (χ2n) is 4.81. The van der Waals surface area contributed by atoms with Gasteiger partial charge in [0.05, 0.1) is 5.56 Å². The number of rotatable bonds is 3. The molecule has 0 bridgehead atoms. The third-order valence-corrected chi connectivity index (χ3v) is 2.92. The highest BCUT2D eigenvalue weighted by Gasteiger charge is 2.25. The van der Waals surface area contributed by atoms with Gasteiger partial charge in [-0.25, -0.2) is 4.79 Å². The highest BCUT2D eigenvalue weighted by Crippen LogP contribution is 2.27. The van der Waals surface area contributed by atoms with Crippen molar-refractivity contribution in [3.63, 3.8) is 0 Å². The number of phenols is 1. The van der Waals surface area contributed by atoms with Gasteiger partial charge >= 0.3 is 5.97 Å². The molecule has 0 aromatic heterocycles. The third kappa shape index (κ3) is 3.13. The molecule has 0 atom stereocenters. The molecule has 0 radical (unpaired) electrons. The first-order valence-electron chi connectivity index (χ1n) is 6.07. The molecule has 1 N–H and O–H groups in total. The van der Waals surface area contributed by atoms with Crippen LogP contribution in [0.5, 0.6) is 5.75 Å². The maximum Gasteiger partial charge on any atom is 0.338 e. The van der Waals surface area contributed by atoms with Crippen molar-refractivity contribution in [2.45, 2.75) is 19.4 Å². The molecule has 0 spiro atoms. The minimum atomic E-state index is -0.749. The van der Waals surface area contributed by atoms with E-state index in [1.165, 1.54) is 0 Å². The standard InChI is InChI=1S/C16H16O3/c1-16(2,13-8-10-14(17)11-9-13)19-15(18)12-6-4-3-5-7-12/h3-11,17H,1-2H3. The van der Waals surface area contributed by atoms with Crippen LogP contribution in [0.1, 0.15) is 29.8 Å². The van der Waals surface area contributed by atoms with E-state index in [-0.39, 0.29) is 11.7 Å². The zero-order valence-electron chi connectivity index (χ0n) is 11.0. The van der Waals surface area contributed by atoms with Crippen molar-refractivity contribution in [1.82, 2.24) is 0 Å². The molecule has 2 aromatic carbocycles. The number of esters is 1. The van der Waals surface area contributed by atoms with Gasteiger partial charge in [-0.1, -0.05) is 30.3 Å². The molecule has 0 aliphatic rings. The molecule has 2 aromatic rings. The molecule has 0 aliphatic carbocycles. The van der Waals surface area contributed by atoms with Gasteiger partial charge < -0.3 is 9.84 Å². The van der Waals surface area contributed by atoms with Crippen LogP contribution >= 0.6 is 0 Å². The summed E-state index contributed by atoms with van der Waals surface area (Å²) in [6.07, 6.45) is 0. The Kier molecular flexibility index (Phi) is 3.56. The van der Waals surface area contributed by atoms with Crippen LogP contribution in [-0.2, 0) is 10.3 Å². The Morgan fingerprint density at radius 2 is 1.58 bits per heavy atom. The summed E-state index contributed by atoms with van der Waals surface area (Å²) in [6.45, 7) is 3.64. The van der Waals surface area contributed by atoms with Crippen molar-refractivity contribution in [2.24, 2.45) is 0 Å². The summed E-state index contributed by atoms with van der Waals surface area (Å²) >= 11 is 0. The molecule has 0 amide bonds. The van der Waals surface area contributed by atoms with Crippen molar-refractivity contribution in [3.8, 4) is 5.75 Å². The van der Waals surface area contributed by atoms with Crippen molar-refractivity contribution < 1.29 is 14.6 Å². The van der Waals surface area contributed by atoms with Gasteiger partial charge in [0, 0.05) is 0 Å². The molecule has 98 valence electrons. The SMILES string of the molecule is CC(C)(OC(=O)c1ccccc1)c1ccc(O)cc1. The Bertz CT molecular complexity index is 556. The molecular weight excluding hydrogens is 240 g/mol. The summed E-state index contributed by atoms with van der Waals surface area (Å²) in [7, 11) is 0. The highest BCUT2D eigenvalue weighted by molar-refractivity contribution is 5.89. The second-order valence-corrected chi connectivity index (χ2v) is 4.81. The van der Waals surface area contributed by atoms with Gasteiger partial charge in [-0.3, -0.25) is 0 Å². The van der Waals surface area contributed by atoms with E-state index in [4.69, 9.17) is 4.74 Å². The third-order valence-electron chi connectivity index (χ3n) is 2.92. The summed E-state index contributed by atoms with van der Waals surface area (Å²) in [4.78, 5) is 12.0. The van der Waals surface area contributed by atoms with Crippen LogP contribution in [0.15, 0.2) is 54.6 Å². The fourth-order valence-electron chi connectivity index (χ4n) is 1.79. The van der Waals surface area contributed by atoms with Gasteiger partial charge in [-0.05, 0) is 43.7 Å². The van der Waals surface area contributed by atoms with Crippen LogP contribution in [0.4, 0.5) is 0 Å². The zero-order chi connectivity index (χ0) is 13.9. The number of hydrogen-bond acceptors (Lipinski definition) is 3. The minimum Gasteiger partial charge on any atom is -0.508 e. The van der Waals surface area contributed by atoms with Gasteiger partial charge in [0.1, 0.15) is 11.4 Å². The van der Waals surface area contributed by atoms with Gasteiger partial charge in [0.25, 0.3) is 0 Å². The molecule has 0 unspecified atom stereocenters. The Labute approximate surface area is 112 Å². The van der Waals surface area contributed by atoms with Crippen LogP contribution in [0.3, 0.4) is 0 Å². The lowest BCUT2D eigenvalue weighted by atomic mass is 9.98. The van der Waals surface area contributed by atoms with Crippen LogP contribution in [-0.4, -0.2) is 11.1 Å². The molecule has 3 nitrogen and oxygen atoms in total. The highest BCUT2D eigenvalue weighted by atomic mass is 16.6. The molecule has 2 rings (SSSR count). The first-order chi connectivity index (χ1) is 8.99. The van der Waals surface area contributed by atoms with E-state index in [1.807, 2.05) is 19.9 Å². The number of benzene rings is 2. The minimum absolute atomic E-state index is 0.189. The lowest BCUT2D eigenvalue weighted by molar-refractivity contribution is -0.00312. The van der Waals surface area contributed by atoms with E-state index in [2.05, 4.69) is 0 Å². The van der Waals surface area contributed by atoms with E-state index in [0.717, 1.165) is 5.56 Å². The Hall–Kier alpha value is -2.29. The summed E-state index contributed by atoms with van der Waals surface area (Å²) in [5.41, 5.74) is 0.601. The smallest absolute Gasteiger partial charge is 0.338 e. The Morgan fingerprint density at radius 3 is 2.16 bits per heavy atom. The van der Waals surface area contributed by atoms with Gasteiger partial charge in [-0.15, -0.1) is 0 Å². The normalized spacial score (nSPS) is 11.1. The molecule has 0 fully saturated rings. The van der Waals surface area contributed by atoms with E-state index >= 15 is 0 Å². The quantitative estimate of drug-likeness (QED) is 0.855. The fourth-order valence-corrected chi connectivity index (χ4v) is 1.79. The van der Waals surface area contributed by atoms with E-state index in [1.54, 1.807) is 48.5 Å². The molecular formula is C16H16O3. The van der Waals surface area contributed by atoms with E-state index < -0.39 is 5.60 Å². The van der Waals surface area contributed by atoms with E-state index in [0.29, 0.717) is 5.56 Å². The first-order valence-corrected chi connectivity index (χ1v) is 6.07. The molecule has 0 saturated heterocycles. The zero-order valence-corrected chi connectivity index (χ0v) is 11.0. The lowest BCUT2D eigenvalue weighted by Gasteiger charge is -2.25. The Morgan fingerprint density at radius 1 is 1.00 bits per heavy atom. The number of carbonyl (C=O) groups excluding carboxylic acids is 1. The average molecular weight is 256 g/mol. The fraction of sp³-hybridized carbons (Fsp3) is 0.188. The predicted octanol–water partition coefficient (Wildman–Crippen LogP) is 3.48. The number of aromatic hydroxyl groups is 1. The maximum absolute atomic E-state index is 12.0. The van der Waals surface area contributed by atoms with Gasteiger partial charge in [0.15, 0.2) is 0 Å². The predicted molar refractivity (Wildman–Crippen MR) is 73.0 cm³/mol. The van der Waals surface area contributed by atoms with Crippen molar-refractivity contribution in [2.75, 3.05) is 0 Å². The van der Waals surface area contributed by atoms with Crippen molar-refractivity contribution in [1.29, 1.82) is 0 Å². The largest absolute Gasteiger partial charge is 0.508 e. The van der Waals surface area contributed by atoms with Crippen LogP contribution < -0.4 is 0 Å². The monoisotopic (exact) mass is 256 g/mol. The molecule has 0 saturated carbocycles. The van der Waals surface area contributed by atoms with Gasteiger partial charge in [-0.2, -0.15) is 0 Å². The number of hydrogen-bond donors (Lipinski definition) is 1. The molecule has 3 heteroatoms. The van der Waals surface area contributed by atoms with Crippen LogP contribution in [0.25, 0.3) is 0 Å². The maximum atomic E-state index is 12.0. The molecule has 0 heterocycles. The molecule has 19 heavy (non-hydrogen) atoms. The van der Waals surface area contributed by atoms with E-state index in [9.17, 15) is 9.90 Å². The number of carbonyl (C=O) groups is 1.